The van der Waals surface area contributed by atoms with Gasteiger partial charge in [-0.05, 0) is 55.0 Å². The molecule has 0 bridgehead atoms. The number of benzene rings is 6. The fourth-order valence-corrected chi connectivity index (χ4v) is 7.16. The van der Waals surface area contributed by atoms with Crippen LogP contribution in [0.15, 0.2) is 140 Å². The van der Waals surface area contributed by atoms with E-state index in [4.69, 9.17) is 15.0 Å². The molecule has 0 saturated heterocycles. The SMILES string of the molecule is CC1(C)c2ccccc2-c2c(-c3ccc4ccccc4c3-c3nc(-c4ccccc4)nc(-c4ccccc4)n3)cccc2C1(C)C. The highest BCUT2D eigenvalue weighted by molar-refractivity contribution is 6.05. The smallest absolute Gasteiger partial charge is 0.165 e. The van der Waals surface area contributed by atoms with Crippen molar-refractivity contribution in [3.8, 4) is 56.4 Å². The van der Waals surface area contributed by atoms with Crippen LogP contribution in [0.2, 0.25) is 0 Å². The molecule has 1 aliphatic carbocycles. The number of rotatable bonds is 4. The van der Waals surface area contributed by atoms with Gasteiger partial charge in [0.1, 0.15) is 0 Å². The fraction of sp³-hybridized carbons (Fsp3) is 0.140. The normalized spacial score (nSPS) is 14.4. The number of nitrogens with zero attached hydrogens (tertiary/aromatic N) is 3. The molecule has 3 heteroatoms. The van der Waals surface area contributed by atoms with Crippen LogP contribution in [0.4, 0.5) is 0 Å². The van der Waals surface area contributed by atoms with Gasteiger partial charge in [0.15, 0.2) is 17.5 Å². The maximum Gasteiger partial charge on any atom is 0.165 e. The lowest BCUT2D eigenvalue weighted by atomic mass is 9.55. The third kappa shape index (κ3) is 4.30. The van der Waals surface area contributed by atoms with Crippen LogP contribution in [-0.4, -0.2) is 15.0 Å². The van der Waals surface area contributed by atoms with Gasteiger partial charge in [0.05, 0.1) is 0 Å². The number of aromatic nitrogens is 3. The van der Waals surface area contributed by atoms with Crippen LogP contribution in [0.25, 0.3) is 67.2 Å². The van der Waals surface area contributed by atoms with Crippen molar-refractivity contribution in [3.05, 3.63) is 151 Å². The molecule has 0 spiro atoms. The summed E-state index contributed by atoms with van der Waals surface area (Å²) in [5, 5.41) is 2.27. The van der Waals surface area contributed by atoms with Crippen molar-refractivity contribution in [2.75, 3.05) is 0 Å². The first kappa shape index (κ1) is 28.1. The highest BCUT2D eigenvalue weighted by Gasteiger charge is 2.46. The highest BCUT2D eigenvalue weighted by atomic mass is 15.0. The fourth-order valence-electron chi connectivity index (χ4n) is 7.16. The molecule has 8 rings (SSSR count). The molecule has 3 nitrogen and oxygen atoms in total. The lowest BCUT2D eigenvalue weighted by Gasteiger charge is -2.48. The van der Waals surface area contributed by atoms with Crippen LogP contribution in [-0.2, 0) is 10.8 Å². The summed E-state index contributed by atoms with van der Waals surface area (Å²) < 4.78 is 0. The summed E-state index contributed by atoms with van der Waals surface area (Å²) in [5.74, 6) is 1.99. The van der Waals surface area contributed by atoms with Gasteiger partial charge in [-0.15, -0.1) is 0 Å². The van der Waals surface area contributed by atoms with Crippen molar-refractivity contribution in [1.29, 1.82) is 0 Å². The third-order valence-electron chi connectivity index (χ3n) is 10.3. The molecule has 6 aromatic carbocycles. The Labute approximate surface area is 270 Å². The van der Waals surface area contributed by atoms with Crippen molar-refractivity contribution in [2.24, 2.45) is 0 Å². The molecule has 0 atom stereocenters. The third-order valence-corrected chi connectivity index (χ3v) is 10.3. The predicted molar refractivity (Wildman–Crippen MR) is 191 cm³/mol. The molecule has 0 radical (unpaired) electrons. The Hall–Kier alpha value is -5.41. The average Bonchev–Trinajstić information content (AvgIpc) is 3.11. The van der Waals surface area contributed by atoms with E-state index in [1.165, 1.54) is 27.8 Å². The molecule has 0 aliphatic heterocycles. The molecule has 1 heterocycles. The molecule has 222 valence electrons. The zero-order valence-corrected chi connectivity index (χ0v) is 26.6. The van der Waals surface area contributed by atoms with E-state index in [0.717, 1.165) is 33.0 Å². The molecule has 0 fully saturated rings. The van der Waals surface area contributed by atoms with Gasteiger partial charge < -0.3 is 0 Å². The Balaban J connectivity index is 1.47. The van der Waals surface area contributed by atoms with Gasteiger partial charge in [-0.3, -0.25) is 0 Å². The number of hydrogen-bond donors (Lipinski definition) is 0. The molecule has 0 saturated carbocycles. The van der Waals surface area contributed by atoms with Crippen LogP contribution in [0.3, 0.4) is 0 Å². The molecular weight excluding hydrogens is 558 g/mol. The van der Waals surface area contributed by atoms with Gasteiger partial charge in [-0.2, -0.15) is 0 Å². The first-order valence-corrected chi connectivity index (χ1v) is 16.0. The quantitative estimate of drug-likeness (QED) is 0.204. The summed E-state index contributed by atoms with van der Waals surface area (Å²) in [6.07, 6.45) is 0. The summed E-state index contributed by atoms with van der Waals surface area (Å²) in [6, 6.07) is 49.2. The van der Waals surface area contributed by atoms with E-state index < -0.39 is 0 Å². The number of hydrogen-bond acceptors (Lipinski definition) is 3. The minimum Gasteiger partial charge on any atom is -0.208 e. The Morgan fingerprint density at radius 2 is 0.870 bits per heavy atom. The van der Waals surface area contributed by atoms with Crippen molar-refractivity contribution in [3.63, 3.8) is 0 Å². The van der Waals surface area contributed by atoms with Crippen molar-refractivity contribution < 1.29 is 0 Å². The van der Waals surface area contributed by atoms with E-state index >= 15 is 0 Å². The first-order valence-electron chi connectivity index (χ1n) is 16.0. The van der Waals surface area contributed by atoms with Gasteiger partial charge >= 0.3 is 0 Å². The molecule has 1 aliphatic rings. The average molecular weight is 594 g/mol. The molecule has 7 aromatic rings. The van der Waals surface area contributed by atoms with Crippen molar-refractivity contribution >= 4 is 10.8 Å². The van der Waals surface area contributed by atoms with E-state index in [1.807, 2.05) is 36.4 Å². The second kappa shape index (κ2) is 10.6. The van der Waals surface area contributed by atoms with E-state index in [1.54, 1.807) is 0 Å². The minimum absolute atomic E-state index is 0.0508. The first-order chi connectivity index (χ1) is 22.3. The van der Waals surface area contributed by atoms with E-state index in [0.29, 0.717) is 17.5 Å². The summed E-state index contributed by atoms with van der Waals surface area (Å²) >= 11 is 0. The van der Waals surface area contributed by atoms with Crippen LogP contribution < -0.4 is 0 Å². The van der Waals surface area contributed by atoms with Gasteiger partial charge in [0.2, 0.25) is 0 Å². The van der Waals surface area contributed by atoms with E-state index in [-0.39, 0.29) is 10.8 Å². The summed E-state index contributed by atoms with van der Waals surface area (Å²) in [6.45, 7) is 9.53. The topological polar surface area (TPSA) is 38.7 Å². The van der Waals surface area contributed by atoms with Crippen molar-refractivity contribution in [1.82, 2.24) is 15.0 Å². The van der Waals surface area contributed by atoms with Gasteiger partial charge in [-0.1, -0.05) is 167 Å². The Morgan fingerprint density at radius 1 is 0.370 bits per heavy atom. The summed E-state index contributed by atoms with van der Waals surface area (Å²) in [4.78, 5) is 15.4. The largest absolute Gasteiger partial charge is 0.208 e. The second-order valence-corrected chi connectivity index (χ2v) is 13.3. The molecular formula is C43H35N3. The van der Waals surface area contributed by atoms with Crippen LogP contribution in [0.1, 0.15) is 38.8 Å². The molecule has 1 aromatic heterocycles. The lowest BCUT2D eigenvalue weighted by molar-refractivity contribution is 0.299. The molecule has 0 unspecified atom stereocenters. The van der Waals surface area contributed by atoms with Crippen LogP contribution in [0, 0.1) is 0 Å². The standard InChI is InChI=1S/C43H35N3/c1-42(2)35-24-14-13-22-34(35)37-32(23-15-25-36(37)43(42,3)4)33-27-26-28-16-11-12-21-31(28)38(33)41-45-39(29-17-7-5-8-18-29)44-40(46-41)30-19-9-6-10-20-30/h5-27H,1-4H3. The monoisotopic (exact) mass is 593 g/mol. The zero-order chi connectivity index (χ0) is 31.5. The highest BCUT2D eigenvalue weighted by Crippen LogP contribution is 2.56. The number of fused-ring (bicyclic) bond motifs is 4. The van der Waals surface area contributed by atoms with Crippen LogP contribution >= 0.6 is 0 Å². The van der Waals surface area contributed by atoms with Gasteiger partial charge in [-0.25, -0.2) is 15.0 Å². The van der Waals surface area contributed by atoms with Gasteiger partial charge in [0, 0.05) is 16.7 Å². The van der Waals surface area contributed by atoms with Crippen LogP contribution in [0.5, 0.6) is 0 Å². The van der Waals surface area contributed by atoms with Gasteiger partial charge in [0.25, 0.3) is 0 Å². The minimum atomic E-state index is -0.0994. The molecule has 0 N–H and O–H groups in total. The molecule has 46 heavy (non-hydrogen) atoms. The summed E-state index contributed by atoms with van der Waals surface area (Å²) in [5.41, 5.74) is 10.4. The summed E-state index contributed by atoms with van der Waals surface area (Å²) in [7, 11) is 0. The van der Waals surface area contributed by atoms with E-state index in [2.05, 4.69) is 131 Å². The lowest BCUT2D eigenvalue weighted by Crippen LogP contribution is -2.43. The zero-order valence-electron chi connectivity index (χ0n) is 26.6. The Kier molecular flexibility index (Phi) is 6.47. The maximum absolute atomic E-state index is 5.22. The molecule has 0 amide bonds. The Bertz CT molecular complexity index is 2190. The van der Waals surface area contributed by atoms with Crippen molar-refractivity contribution in [2.45, 2.75) is 38.5 Å². The second-order valence-electron chi connectivity index (χ2n) is 13.3. The maximum atomic E-state index is 5.22. The predicted octanol–water partition coefficient (Wildman–Crippen LogP) is 10.9. The van der Waals surface area contributed by atoms with E-state index in [9.17, 15) is 0 Å². The Morgan fingerprint density at radius 3 is 1.57 bits per heavy atom.